The minimum absolute atomic E-state index is 0.0729. The number of methoxy groups -OCH3 is 2. The minimum atomic E-state index is -0.352. The van der Waals surface area contributed by atoms with Gasteiger partial charge in [0.2, 0.25) is 5.91 Å². The Morgan fingerprint density at radius 3 is 2.54 bits per heavy atom. The molecule has 1 aliphatic rings. The van der Waals surface area contributed by atoms with E-state index < -0.39 is 0 Å². The highest BCUT2D eigenvalue weighted by Crippen LogP contribution is 2.31. The van der Waals surface area contributed by atoms with E-state index in [1.807, 2.05) is 30.3 Å². The van der Waals surface area contributed by atoms with Gasteiger partial charge in [0.05, 0.1) is 19.8 Å². The van der Waals surface area contributed by atoms with Gasteiger partial charge >= 0.3 is 5.97 Å². The highest BCUT2D eigenvalue weighted by molar-refractivity contribution is 5.98. The number of ether oxygens (including phenoxy) is 2. The predicted octanol–water partition coefficient (Wildman–Crippen LogP) is 3.39. The second-order valence-corrected chi connectivity index (χ2v) is 6.29. The zero-order chi connectivity index (χ0) is 18.5. The monoisotopic (exact) mass is 353 g/mol. The predicted molar refractivity (Wildman–Crippen MR) is 99.8 cm³/mol. The fraction of sp³-hybridized carbons (Fsp3) is 0.333. The Morgan fingerprint density at radius 1 is 1.08 bits per heavy atom. The maximum Gasteiger partial charge on any atom is 0.338 e. The summed E-state index contributed by atoms with van der Waals surface area (Å²) < 4.78 is 10.0. The van der Waals surface area contributed by atoms with Crippen LogP contribution >= 0.6 is 0 Å². The summed E-state index contributed by atoms with van der Waals surface area (Å²) in [6.07, 6.45) is 2.72. The van der Waals surface area contributed by atoms with E-state index in [9.17, 15) is 9.59 Å². The van der Waals surface area contributed by atoms with Crippen LogP contribution in [0.2, 0.25) is 0 Å². The lowest BCUT2D eigenvalue weighted by Crippen LogP contribution is -2.36. The molecule has 0 unspecified atom stereocenters. The number of anilines is 1. The van der Waals surface area contributed by atoms with E-state index in [2.05, 4.69) is 0 Å². The van der Waals surface area contributed by atoms with Gasteiger partial charge in [0.25, 0.3) is 0 Å². The lowest BCUT2D eigenvalue weighted by Gasteiger charge is -2.30. The van der Waals surface area contributed by atoms with Crippen molar-refractivity contribution in [2.24, 2.45) is 0 Å². The summed E-state index contributed by atoms with van der Waals surface area (Å²) in [4.78, 5) is 26.6. The number of fused-ring (bicyclic) bond motifs is 1. The average molecular weight is 353 g/mol. The standard InChI is InChI=1S/C21H23NO4/c1-25-16-11-8-15(9-12-16)10-13-20(23)22-14-4-6-17-18(21(24)26-2)5-3-7-19(17)22/h3,5,7-9,11-12H,4,6,10,13-14H2,1-2H3. The molecule has 0 N–H and O–H groups in total. The first kappa shape index (κ1) is 18.0. The summed E-state index contributed by atoms with van der Waals surface area (Å²) in [5.74, 6) is 0.526. The van der Waals surface area contributed by atoms with Crippen LogP contribution in [0.25, 0.3) is 0 Å². The zero-order valence-electron chi connectivity index (χ0n) is 15.2. The van der Waals surface area contributed by atoms with Crippen LogP contribution < -0.4 is 9.64 Å². The van der Waals surface area contributed by atoms with E-state index in [-0.39, 0.29) is 11.9 Å². The Hall–Kier alpha value is -2.82. The molecule has 136 valence electrons. The van der Waals surface area contributed by atoms with Gasteiger partial charge < -0.3 is 14.4 Å². The summed E-state index contributed by atoms with van der Waals surface area (Å²) >= 11 is 0. The Morgan fingerprint density at radius 2 is 1.85 bits per heavy atom. The molecule has 0 saturated heterocycles. The fourth-order valence-electron chi connectivity index (χ4n) is 3.36. The van der Waals surface area contributed by atoms with Crippen LogP contribution in [-0.2, 0) is 22.4 Å². The number of aryl methyl sites for hydroxylation is 1. The van der Waals surface area contributed by atoms with E-state index in [1.54, 1.807) is 24.1 Å². The van der Waals surface area contributed by atoms with E-state index in [1.165, 1.54) is 7.11 Å². The molecular formula is C21H23NO4. The molecule has 1 amide bonds. The van der Waals surface area contributed by atoms with Crippen LogP contribution in [0.4, 0.5) is 5.69 Å². The van der Waals surface area contributed by atoms with Crippen LogP contribution in [0.5, 0.6) is 5.75 Å². The molecule has 3 rings (SSSR count). The first-order valence-corrected chi connectivity index (χ1v) is 8.77. The number of hydrogen-bond donors (Lipinski definition) is 0. The Balaban J connectivity index is 1.74. The third kappa shape index (κ3) is 3.72. The van der Waals surface area contributed by atoms with E-state index in [0.717, 1.165) is 35.4 Å². The number of rotatable bonds is 5. The van der Waals surface area contributed by atoms with Gasteiger partial charge in [-0.05, 0) is 54.7 Å². The third-order valence-electron chi connectivity index (χ3n) is 4.74. The molecule has 26 heavy (non-hydrogen) atoms. The molecule has 2 aromatic rings. The van der Waals surface area contributed by atoms with Gasteiger partial charge in [-0.25, -0.2) is 4.79 Å². The van der Waals surface area contributed by atoms with Gasteiger partial charge in [-0.15, -0.1) is 0 Å². The molecule has 0 bridgehead atoms. The molecule has 0 atom stereocenters. The van der Waals surface area contributed by atoms with Crippen molar-refractivity contribution in [1.82, 2.24) is 0 Å². The van der Waals surface area contributed by atoms with Crippen molar-refractivity contribution in [1.29, 1.82) is 0 Å². The summed E-state index contributed by atoms with van der Waals surface area (Å²) in [5.41, 5.74) is 3.39. The number of hydrogen-bond acceptors (Lipinski definition) is 4. The van der Waals surface area contributed by atoms with Crippen LogP contribution in [0.3, 0.4) is 0 Å². The Kier molecular flexibility index (Phi) is 5.56. The van der Waals surface area contributed by atoms with Crippen molar-refractivity contribution in [3.8, 4) is 5.75 Å². The van der Waals surface area contributed by atoms with Gasteiger partial charge in [0, 0.05) is 18.7 Å². The highest BCUT2D eigenvalue weighted by Gasteiger charge is 2.26. The number of esters is 1. The maximum absolute atomic E-state index is 12.8. The second-order valence-electron chi connectivity index (χ2n) is 6.29. The van der Waals surface area contributed by atoms with Crippen LogP contribution in [-0.4, -0.2) is 32.6 Å². The van der Waals surface area contributed by atoms with Crippen molar-refractivity contribution in [2.45, 2.75) is 25.7 Å². The first-order chi connectivity index (χ1) is 12.6. The summed E-state index contributed by atoms with van der Waals surface area (Å²) in [5, 5.41) is 0. The molecule has 5 nitrogen and oxygen atoms in total. The molecule has 2 aromatic carbocycles. The molecule has 0 radical (unpaired) electrons. The zero-order valence-corrected chi connectivity index (χ0v) is 15.2. The first-order valence-electron chi connectivity index (χ1n) is 8.77. The summed E-state index contributed by atoms with van der Waals surface area (Å²) in [6, 6.07) is 13.2. The molecule has 0 aromatic heterocycles. The topological polar surface area (TPSA) is 55.8 Å². The summed E-state index contributed by atoms with van der Waals surface area (Å²) in [6.45, 7) is 0.680. The van der Waals surface area contributed by atoms with Crippen molar-refractivity contribution in [2.75, 3.05) is 25.7 Å². The van der Waals surface area contributed by atoms with Gasteiger partial charge in [-0.2, -0.15) is 0 Å². The van der Waals surface area contributed by atoms with Crippen molar-refractivity contribution in [3.63, 3.8) is 0 Å². The fourth-order valence-corrected chi connectivity index (χ4v) is 3.36. The smallest absolute Gasteiger partial charge is 0.338 e. The third-order valence-corrected chi connectivity index (χ3v) is 4.74. The number of nitrogens with zero attached hydrogens (tertiary/aromatic N) is 1. The second kappa shape index (κ2) is 8.04. The van der Waals surface area contributed by atoms with Crippen molar-refractivity contribution in [3.05, 3.63) is 59.2 Å². The van der Waals surface area contributed by atoms with Crippen LogP contribution in [0, 0.1) is 0 Å². The molecule has 0 fully saturated rings. The van der Waals surface area contributed by atoms with E-state index >= 15 is 0 Å². The lowest BCUT2D eigenvalue weighted by atomic mass is 9.95. The van der Waals surface area contributed by atoms with E-state index in [0.29, 0.717) is 24.9 Å². The normalized spacial score (nSPS) is 13.1. The summed E-state index contributed by atoms with van der Waals surface area (Å²) in [7, 11) is 3.01. The lowest BCUT2D eigenvalue weighted by molar-refractivity contribution is -0.118. The molecule has 1 aliphatic heterocycles. The molecular weight excluding hydrogens is 330 g/mol. The highest BCUT2D eigenvalue weighted by atomic mass is 16.5. The van der Waals surface area contributed by atoms with Gasteiger partial charge in [0.1, 0.15) is 5.75 Å². The Bertz CT molecular complexity index is 798. The van der Waals surface area contributed by atoms with Gasteiger partial charge in [-0.3, -0.25) is 4.79 Å². The Labute approximate surface area is 153 Å². The largest absolute Gasteiger partial charge is 0.497 e. The SMILES string of the molecule is COC(=O)c1cccc2c1CCCN2C(=O)CCc1ccc(OC)cc1. The molecule has 5 heteroatoms. The quantitative estimate of drug-likeness (QED) is 0.773. The maximum atomic E-state index is 12.8. The number of amides is 1. The van der Waals surface area contributed by atoms with Gasteiger partial charge in [0.15, 0.2) is 0 Å². The minimum Gasteiger partial charge on any atom is -0.497 e. The molecule has 0 aliphatic carbocycles. The van der Waals surface area contributed by atoms with Gasteiger partial charge in [-0.1, -0.05) is 18.2 Å². The van der Waals surface area contributed by atoms with Crippen molar-refractivity contribution >= 4 is 17.6 Å². The molecule has 0 saturated carbocycles. The van der Waals surface area contributed by atoms with Crippen LogP contribution in [0.1, 0.15) is 34.3 Å². The van der Waals surface area contributed by atoms with E-state index in [4.69, 9.17) is 9.47 Å². The van der Waals surface area contributed by atoms with Crippen molar-refractivity contribution < 1.29 is 19.1 Å². The molecule has 0 spiro atoms. The van der Waals surface area contributed by atoms with Crippen LogP contribution in [0.15, 0.2) is 42.5 Å². The average Bonchev–Trinajstić information content (AvgIpc) is 2.70. The molecule has 1 heterocycles. The number of carbonyl (C=O) groups is 2. The number of benzene rings is 2. The number of carbonyl (C=O) groups excluding carboxylic acids is 2.